The van der Waals surface area contributed by atoms with Crippen LogP contribution in [0.5, 0.6) is 0 Å². The third kappa shape index (κ3) is 1.86. The van der Waals surface area contributed by atoms with Crippen molar-refractivity contribution in [1.82, 2.24) is 14.7 Å². The number of urea groups is 1. The van der Waals surface area contributed by atoms with E-state index < -0.39 is 6.04 Å². The maximum atomic E-state index is 11.9. The van der Waals surface area contributed by atoms with Crippen LogP contribution in [0.25, 0.3) is 0 Å². The van der Waals surface area contributed by atoms with Crippen molar-refractivity contribution >= 4 is 17.8 Å². The van der Waals surface area contributed by atoms with E-state index in [1.54, 1.807) is 4.90 Å². The van der Waals surface area contributed by atoms with Crippen molar-refractivity contribution in [2.24, 2.45) is 0 Å². The lowest BCUT2D eigenvalue weighted by Crippen LogP contribution is -2.54. The molecule has 0 spiro atoms. The molecule has 94 valence electrons. The summed E-state index contributed by atoms with van der Waals surface area (Å²) in [6, 6.07) is -0.941. The van der Waals surface area contributed by atoms with Gasteiger partial charge in [-0.05, 0) is 0 Å². The summed E-state index contributed by atoms with van der Waals surface area (Å²) >= 11 is 0. The first-order valence-electron chi connectivity index (χ1n) is 5.54. The highest BCUT2D eigenvalue weighted by Crippen LogP contribution is 2.21. The van der Waals surface area contributed by atoms with Gasteiger partial charge in [-0.15, -0.1) is 0 Å². The van der Waals surface area contributed by atoms with Gasteiger partial charge in [-0.3, -0.25) is 14.5 Å². The van der Waals surface area contributed by atoms with E-state index in [0.717, 1.165) is 4.90 Å². The molecule has 0 aromatic heterocycles. The number of β-amino-alcohol motifs (C(OH)–C–C–N with tert-alkyl or cyclic N) is 1. The van der Waals surface area contributed by atoms with Gasteiger partial charge in [0.2, 0.25) is 5.91 Å². The number of hydrogen-bond donors (Lipinski definition) is 1. The van der Waals surface area contributed by atoms with E-state index in [9.17, 15) is 14.4 Å². The molecule has 2 aliphatic rings. The second-order valence-electron chi connectivity index (χ2n) is 4.17. The summed E-state index contributed by atoms with van der Waals surface area (Å²) in [5.74, 6) is -0.416. The predicted molar refractivity (Wildman–Crippen MR) is 56.9 cm³/mol. The molecule has 7 heteroatoms. The lowest BCUT2D eigenvalue weighted by Gasteiger charge is -2.34. The Balaban J connectivity index is 2.14. The van der Waals surface area contributed by atoms with E-state index in [0.29, 0.717) is 13.1 Å². The van der Waals surface area contributed by atoms with Crippen molar-refractivity contribution in [1.29, 1.82) is 0 Å². The molecule has 2 fully saturated rings. The molecule has 2 heterocycles. The zero-order valence-electron chi connectivity index (χ0n) is 9.63. The number of nitrogens with zero attached hydrogens (tertiary/aromatic N) is 3. The summed E-state index contributed by atoms with van der Waals surface area (Å²) in [4.78, 5) is 39.1. The van der Waals surface area contributed by atoms with Crippen LogP contribution in [0.3, 0.4) is 0 Å². The molecule has 7 nitrogen and oxygen atoms in total. The Morgan fingerprint density at radius 3 is 2.71 bits per heavy atom. The third-order valence-electron chi connectivity index (χ3n) is 3.18. The van der Waals surface area contributed by atoms with Gasteiger partial charge in [0.15, 0.2) is 0 Å². The topological polar surface area (TPSA) is 81.2 Å². The molecule has 0 saturated carbocycles. The zero-order chi connectivity index (χ0) is 12.6. The fraction of sp³-hybridized carbons (Fsp3) is 0.700. The Labute approximate surface area is 98.6 Å². The van der Waals surface area contributed by atoms with Crippen LogP contribution in [0, 0.1) is 0 Å². The summed E-state index contributed by atoms with van der Waals surface area (Å²) in [7, 11) is 0. The van der Waals surface area contributed by atoms with Crippen LogP contribution >= 0.6 is 0 Å². The summed E-state index contributed by atoms with van der Waals surface area (Å²) in [5.41, 5.74) is 0. The first kappa shape index (κ1) is 11.8. The molecule has 2 rings (SSSR count). The van der Waals surface area contributed by atoms with Crippen molar-refractivity contribution in [2.45, 2.75) is 13.0 Å². The minimum atomic E-state index is -0.577. The summed E-state index contributed by atoms with van der Waals surface area (Å²) in [6.45, 7) is 2.30. The normalized spacial score (nSPS) is 24.4. The average molecular weight is 241 g/mol. The van der Waals surface area contributed by atoms with Gasteiger partial charge in [-0.2, -0.15) is 0 Å². The van der Waals surface area contributed by atoms with E-state index >= 15 is 0 Å². The number of fused-ring (bicyclic) bond motifs is 1. The molecule has 2 aliphatic heterocycles. The van der Waals surface area contributed by atoms with Crippen molar-refractivity contribution in [3.05, 3.63) is 0 Å². The van der Waals surface area contributed by atoms with Crippen LogP contribution in [-0.4, -0.2) is 76.5 Å². The Morgan fingerprint density at radius 1 is 1.41 bits per heavy atom. The lowest BCUT2D eigenvalue weighted by molar-refractivity contribution is -0.134. The number of carbonyl (C=O) groups excluding carboxylic acids is 3. The van der Waals surface area contributed by atoms with E-state index in [1.165, 1.54) is 11.8 Å². The maximum Gasteiger partial charge on any atom is 0.327 e. The standard InChI is InChI=1S/C10H15N3O4/c1-7(15)11-2-3-12-8(6-11)9(16)13(4-5-14)10(12)17/h8,14H,2-6H2,1H3. The number of piperazine rings is 1. The van der Waals surface area contributed by atoms with Gasteiger partial charge in [0.25, 0.3) is 5.91 Å². The molecule has 0 aliphatic carbocycles. The molecule has 0 bridgehead atoms. The van der Waals surface area contributed by atoms with E-state index in [4.69, 9.17) is 5.11 Å². The highest BCUT2D eigenvalue weighted by Gasteiger charge is 2.47. The molecule has 1 unspecified atom stereocenters. The van der Waals surface area contributed by atoms with Crippen LogP contribution in [0.4, 0.5) is 4.79 Å². The smallest absolute Gasteiger partial charge is 0.327 e. The molecule has 2 saturated heterocycles. The van der Waals surface area contributed by atoms with Crippen LogP contribution in [-0.2, 0) is 9.59 Å². The minimum absolute atomic E-state index is 0.0186. The Kier molecular flexibility index (Phi) is 3.01. The highest BCUT2D eigenvalue weighted by atomic mass is 16.3. The highest BCUT2D eigenvalue weighted by molar-refractivity contribution is 6.04. The van der Waals surface area contributed by atoms with Crippen molar-refractivity contribution in [3.8, 4) is 0 Å². The second-order valence-corrected chi connectivity index (χ2v) is 4.17. The van der Waals surface area contributed by atoms with E-state index in [2.05, 4.69) is 0 Å². The Bertz CT molecular complexity index is 371. The molecular weight excluding hydrogens is 226 g/mol. The van der Waals surface area contributed by atoms with Crippen molar-refractivity contribution in [2.75, 3.05) is 32.8 Å². The van der Waals surface area contributed by atoms with Gasteiger partial charge < -0.3 is 14.9 Å². The number of imide groups is 1. The van der Waals surface area contributed by atoms with Crippen molar-refractivity contribution in [3.63, 3.8) is 0 Å². The second kappa shape index (κ2) is 4.33. The largest absolute Gasteiger partial charge is 0.395 e. The number of carbonyl (C=O) groups is 3. The maximum absolute atomic E-state index is 11.9. The first-order valence-corrected chi connectivity index (χ1v) is 5.54. The number of rotatable bonds is 2. The number of hydrogen-bond acceptors (Lipinski definition) is 4. The summed E-state index contributed by atoms with van der Waals surface area (Å²) in [6.07, 6.45) is 0. The molecule has 0 radical (unpaired) electrons. The summed E-state index contributed by atoms with van der Waals surface area (Å²) < 4.78 is 0. The quantitative estimate of drug-likeness (QED) is 0.595. The number of aliphatic hydroxyl groups is 1. The molecule has 1 atom stereocenters. The average Bonchev–Trinajstić information content (AvgIpc) is 2.54. The van der Waals surface area contributed by atoms with Crippen LogP contribution < -0.4 is 0 Å². The van der Waals surface area contributed by atoms with Gasteiger partial charge >= 0.3 is 6.03 Å². The monoisotopic (exact) mass is 241 g/mol. The molecular formula is C10H15N3O4. The van der Waals surface area contributed by atoms with Gasteiger partial charge in [0, 0.05) is 20.0 Å². The lowest BCUT2D eigenvalue weighted by atomic mass is 10.2. The van der Waals surface area contributed by atoms with Gasteiger partial charge in [-0.1, -0.05) is 0 Å². The molecule has 4 amide bonds. The van der Waals surface area contributed by atoms with Crippen molar-refractivity contribution < 1.29 is 19.5 Å². The van der Waals surface area contributed by atoms with Gasteiger partial charge in [-0.25, -0.2) is 4.79 Å². The fourth-order valence-electron chi connectivity index (χ4n) is 2.24. The number of amides is 4. The Hall–Kier alpha value is -1.63. The van der Waals surface area contributed by atoms with Crippen LogP contribution in [0.1, 0.15) is 6.92 Å². The van der Waals surface area contributed by atoms with E-state index in [1.807, 2.05) is 0 Å². The fourth-order valence-corrected chi connectivity index (χ4v) is 2.24. The summed E-state index contributed by atoms with van der Waals surface area (Å²) in [5, 5.41) is 8.81. The third-order valence-corrected chi connectivity index (χ3v) is 3.18. The van der Waals surface area contributed by atoms with Crippen LogP contribution in [0.2, 0.25) is 0 Å². The Morgan fingerprint density at radius 2 is 2.12 bits per heavy atom. The molecule has 17 heavy (non-hydrogen) atoms. The molecule has 0 aromatic carbocycles. The van der Waals surface area contributed by atoms with E-state index in [-0.39, 0.29) is 37.5 Å². The first-order chi connectivity index (χ1) is 8.06. The van der Waals surface area contributed by atoms with Crippen LogP contribution in [0.15, 0.2) is 0 Å². The number of aliphatic hydroxyl groups excluding tert-OH is 1. The molecule has 1 N–H and O–H groups in total. The predicted octanol–water partition coefficient (Wildman–Crippen LogP) is -1.53. The van der Waals surface area contributed by atoms with Gasteiger partial charge in [0.1, 0.15) is 6.04 Å². The zero-order valence-corrected chi connectivity index (χ0v) is 9.63. The van der Waals surface area contributed by atoms with Gasteiger partial charge in [0.05, 0.1) is 19.7 Å². The SMILES string of the molecule is CC(=O)N1CCN2C(=O)N(CCO)C(=O)C2C1. The molecule has 0 aromatic rings. The minimum Gasteiger partial charge on any atom is -0.395 e.